The van der Waals surface area contributed by atoms with Crippen molar-refractivity contribution < 1.29 is 12.6 Å². The van der Waals surface area contributed by atoms with E-state index in [2.05, 4.69) is 102 Å². The monoisotopic (exact) mass is 507 g/mol. The summed E-state index contributed by atoms with van der Waals surface area (Å²) in [5.41, 5.74) is 5.68. The van der Waals surface area contributed by atoms with Crippen molar-refractivity contribution in [1.29, 1.82) is 0 Å². The fourth-order valence-corrected chi connectivity index (χ4v) is 32.2. The molecule has 0 amide bonds. The Hall–Kier alpha value is -0.690. The Labute approximate surface area is 143 Å². The summed E-state index contributed by atoms with van der Waals surface area (Å²) in [6.45, 7) is 6.99. The van der Waals surface area contributed by atoms with Crippen LogP contribution in [0.5, 0.6) is 0 Å². The van der Waals surface area contributed by atoms with Crippen molar-refractivity contribution in [3.8, 4) is 0 Å². The van der Waals surface area contributed by atoms with Gasteiger partial charge in [-0.1, -0.05) is 0 Å². The molecule has 0 nitrogen and oxygen atoms in total. The van der Waals surface area contributed by atoms with Gasteiger partial charge >= 0.3 is 144 Å². The summed E-state index contributed by atoms with van der Waals surface area (Å²) < 4.78 is 19.0. The number of aryl methyl sites for hydroxylation is 2. The molecule has 139 valence electrons. The molecule has 25 heavy (non-hydrogen) atoms. The molecule has 0 radical (unpaired) electrons. The van der Waals surface area contributed by atoms with Crippen LogP contribution in [0.4, 0.5) is 0 Å². The second kappa shape index (κ2) is 2.81. The Morgan fingerprint density at radius 2 is 1.28 bits per heavy atom. The quantitative estimate of drug-likeness (QED) is 0.353. The van der Waals surface area contributed by atoms with Crippen LogP contribution in [0.25, 0.3) is 6.08 Å². The van der Waals surface area contributed by atoms with E-state index in [1.807, 2.05) is 0 Å². The van der Waals surface area contributed by atoms with Crippen LogP contribution in [-0.2, 0) is 15.8 Å². The topological polar surface area (TPSA) is 0 Å². The molecule has 1 unspecified atom stereocenters. The fourth-order valence-electron chi connectivity index (χ4n) is 5.65. The number of rotatable bonds is 2. The first kappa shape index (κ1) is 19.1. The molecule has 0 fully saturated rings. The SMILES string of the molecule is Cc1cc2c(cc1C)[C](C)([Hf]([CH3])([CH3])([CH3])([CH3])([CH3])([CH3])([CH3])[CH]1C=CC=C1)C=C2. The van der Waals surface area contributed by atoms with E-state index in [1.54, 1.807) is 0 Å². The van der Waals surface area contributed by atoms with E-state index in [1.165, 1.54) is 22.3 Å². The second-order valence-corrected chi connectivity index (χ2v) is 129. The molecule has 2 aliphatic carbocycles. The average Bonchev–Trinajstić information content (AvgIpc) is 3.00. The molecule has 1 atom stereocenters. The molecule has 1 aromatic rings. The maximum absolute atomic E-state index is 5.43. The zero-order chi connectivity index (χ0) is 19.4. The molecule has 0 aromatic heterocycles. The van der Waals surface area contributed by atoms with Gasteiger partial charge in [0, 0.05) is 0 Å². The predicted octanol–water partition coefficient (Wildman–Crippen LogP) is 8.63. The van der Waals surface area contributed by atoms with Crippen LogP contribution >= 0.6 is 0 Å². The van der Waals surface area contributed by atoms with Gasteiger partial charge in [-0.2, -0.15) is 0 Å². The first-order chi connectivity index (χ1) is 10.5. The van der Waals surface area contributed by atoms with Crippen molar-refractivity contribution in [2.24, 2.45) is 0 Å². The molecule has 0 aliphatic heterocycles. The second-order valence-electron chi connectivity index (χ2n) is 19.8. The third-order valence-electron chi connectivity index (χ3n) is 10.0. The summed E-state index contributed by atoms with van der Waals surface area (Å²) in [5, 5.41) is 0. The number of benzene rings is 1. The van der Waals surface area contributed by atoms with Crippen LogP contribution in [0, 0.1) is 13.8 Å². The average molecular weight is 506 g/mol. The number of allylic oxidation sites excluding steroid dienone is 5. The molecule has 2 aliphatic rings. The molecule has 1 aromatic carbocycles. The van der Waals surface area contributed by atoms with Crippen molar-refractivity contribution >= 4 is 6.08 Å². The summed E-state index contributed by atoms with van der Waals surface area (Å²) >= 11 is -5.43. The normalized spacial score (nSPS) is 31.4. The molecule has 0 bridgehead atoms. The molecule has 0 heterocycles. The molecule has 0 spiro atoms. The Balaban J connectivity index is 2.61. The molecule has 1 heteroatoms. The first-order valence-electron chi connectivity index (χ1n) is 10.0. The Bertz CT molecular complexity index is 964. The van der Waals surface area contributed by atoms with Gasteiger partial charge in [-0.3, -0.25) is 0 Å². The predicted molar refractivity (Wildman–Crippen MR) is 115 cm³/mol. The molecule has 0 N–H and O–H groups in total. The van der Waals surface area contributed by atoms with Gasteiger partial charge in [0.15, 0.2) is 0 Å². The van der Waals surface area contributed by atoms with E-state index < -0.39 is 12.6 Å². The van der Waals surface area contributed by atoms with E-state index in [9.17, 15) is 0 Å². The van der Waals surface area contributed by atoms with Crippen LogP contribution in [0.15, 0.2) is 42.5 Å². The van der Waals surface area contributed by atoms with Gasteiger partial charge in [0.1, 0.15) is 0 Å². The zero-order valence-corrected chi connectivity index (χ0v) is 21.8. The van der Waals surface area contributed by atoms with Gasteiger partial charge in [-0.15, -0.1) is 0 Å². The van der Waals surface area contributed by atoms with Gasteiger partial charge in [0.2, 0.25) is 0 Å². The summed E-state index contributed by atoms with van der Waals surface area (Å²) in [5.74, 6) is 0. The van der Waals surface area contributed by atoms with Crippen molar-refractivity contribution in [1.82, 2.24) is 0 Å². The van der Waals surface area contributed by atoms with E-state index in [4.69, 9.17) is 0 Å². The first-order valence-corrected chi connectivity index (χ1v) is 39.0. The van der Waals surface area contributed by atoms with Crippen LogP contribution in [0.2, 0.25) is 36.4 Å². The molecular formula is C24H39Hf. The Morgan fingerprint density at radius 1 is 0.800 bits per heavy atom. The van der Waals surface area contributed by atoms with E-state index in [0.29, 0.717) is 3.67 Å². The zero-order valence-electron chi connectivity index (χ0n) is 18.2. The summed E-state index contributed by atoms with van der Waals surface area (Å²) in [7, 11) is 0. The van der Waals surface area contributed by atoms with E-state index >= 15 is 0 Å². The van der Waals surface area contributed by atoms with E-state index in [-0.39, 0.29) is 3.17 Å². The van der Waals surface area contributed by atoms with E-state index in [0.717, 1.165) is 0 Å². The van der Waals surface area contributed by atoms with Crippen molar-refractivity contribution in [3.63, 3.8) is 0 Å². The van der Waals surface area contributed by atoms with Crippen LogP contribution in [0.1, 0.15) is 29.2 Å². The summed E-state index contributed by atoms with van der Waals surface area (Å²) in [6, 6.07) is 4.85. The van der Waals surface area contributed by atoms with Crippen molar-refractivity contribution in [3.05, 3.63) is 64.8 Å². The molecule has 3 rings (SSSR count). The Morgan fingerprint density at radius 3 is 1.80 bits per heavy atom. The van der Waals surface area contributed by atoms with Crippen LogP contribution < -0.4 is 0 Å². The number of fused-ring (bicyclic) bond motifs is 1. The maximum atomic E-state index is 2.67. The number of hydrogen-bond acceptors (Lipinski definition) is 0. The molecule has 0 saturated carbocycles. The number of hydrogen-bond donors (Lipinski definition) is 0. The minimum atomic E-state index is -5.43. The summed E-state index contributed by atoms with van der Waals surface area (Å²) in [6.07, 6.45) is 14.3. The Kier molecular flexibility index (Phi) is 2.14. The third-order valence-corrected chi connectivity index (χ3v) is 59.2. The third kappa shape index (κ3) is 1.92. The molecular weight excluding hydrogens is 467 g/mol. The van der Waals surface area contributed by atoms with Gasteiger partial charge in [-0.05, 0) is 0 Å². The van der Waals surface area contributed by atoms with Crippen LogP contribution in [0.3, 0.4) is 0 Å². The molecule has 0 saturated heterocycles. The van der Waals surface area contributed by atoms with Gasteiger partial charge in [-0.25, -0.2) is 0 Å². The van der Waals surface area contributed by atoms with Gasteiger partial charge in [0.05, 0.1) is 0 Å². The standard InChI is InChI=1S/C12H13.C5H5.7CH3.Hf/c1-8-4-5-11-6-9(2)10(3)7-12(8)11;1-2-4-5-3-1;;;;;;;;/h4-7H,1-3H3;1-5H;7*1H3;. The van der Waals surface area contributed by atoms with Crippen molar-refractivity contribution in [2.75, 3.05) is 0 Å². The van der Waals surface area contributed by atoms with Gasteiger partial charge in [0.25, 0.3) is 0 Å². The van der Waals surface area contributed by atoms with Gasteiger partial charge < -0.3 is 0 Å². The minimum absolute atomic E-state index is 0.0565. The summed E-state index contributed by atoms with van der Waals surface area (Å²) in [4.78, 5) is 0. The van der Waals surface area contributed by atoms with Crippen molar-refractivity contribution in [2.45, 2.75) is 60.4 Å². The van der Waals surface area contributed by atoms with Crippen LogP contribution in [-0.4, -0.2) is 0 Å². The fraction of sp³-hybridized carbons (Fsp3) is 0.500.